The van der Waals surface area contributed by atoms with Crippen LogP contribution in [0.2, 0.25) is 5.02 Å². The summed E-state index contributed by atoms with van der Waals surface area (Å²) in [5.74, 6) is -0.471. The van der Waals surface area contributed by atoms with Crippen molar-refractivity contribution in [2.45, 2.75) is 19.0 Å². The molecule has 8 nitrogen and oxygen atoms in total. The van der Waals surface area contributed by atoms with Gasteiger partial charge in [-0.3, -0.25) is 14.5 Å². The maximum atomic E-state index is 13.3. The van der Waals surface area contributed by atoms with E-state index in [1.165, 1.54) is 12.0 Å². The summed E-state index contributed by atoms with van der Waals surface area (Å²) >= 11 is 5.90. The molecule has 31 heavy (non-hydrogen) atoms. The highest BCUT2D eigenvalue weighted by Gasteiger charge is 2.50. The summed E-state index contributed by atoms with van der Waals surface area (Å²) in [6, 6.07) is 13.7. The SMILES string of the molecule is COc1cccc(N2C(=O)CN(S(C)(=O)=O)C[C@@]2(C)C(=O)NCc2ccc(Cl)cc2)c1. The largest absolute Gasteiger partial charge is 0.497 e. The number of piperazine rings is 1. The molecular formula is C21H24ClN3O5S. The summed E-state index contributed by atoms with van der Waals surface area (Å²) in [5, 5.41) is 3.40. The number of hydrogen-bond acceptors (Lipinski definition) is 5. The minimum Gasteiger partial charge on any atom is -0.497 e. The molecule has 0 aromatic heterocycles. The number of halogens is 1. The summed E-state index contributed by atoms with van der Waals surface area (Å²) in [7, 11) is -2.19. The van der Waals surface area contributed by atoms with Crippen molar-refractivity contribution >= 4 is 39.1 Å². The van der Waals surface area contributed by atoms with E-state index >= 15 is 0 Å². The first kappa shape index (κ1) is 23.1. The summed E-state index contributed by atoms with van der Waals surface area (Å²) in [6.45, 7) is 1.22. The molecule has 10 heteroatoms. The fourth-order valence-corrected chi connectivity index (χ4v) is 4.49. The number of sulfonamides is 1. The minimum atomic E-state index is -3.69. The second kappa shape index (κ2) is 8.86. The van der Waals surface area contributed by atoms with Gasteiger partial charge in [-0.15, -0.1) is 0 Å². The Bertz CT molecular complexity index is 1090. The minimum absolute atomic E-state index is 0.179. The van der Waals surface area contributed by atoms with Gasteiger partial charge in [0.15, 0.2) is 0 Å². The molecule has 0 bridgehead atoms. The van der Waals surface area contributed by atoms with E-state index in [9.17, 15) is 18.0 Å². The number of nitrogens with one attached hydrogen (secondary N) is 1. The van der Waals surface area contributed by atoms with E-state index in [0.29, 0.717) is 16.5 Å². The molecule has 1 atom stereocenters. The molecular weight excluding hydrogens is 442 g/mol. The molecule has 2 amide bonds. The van der Waals surface area contributed by atoms with Crippen LogP contribution in [0.25, 0.3) is 0 Å². The number of hydrogen-bond donors (Lipinski definition) is 1. The number of anilines is 1. The van der Waals surface area contributed by atoms with Crippen LogP contribution in [0.1, 0.15) is 12.5 Å². The van der Waals surface area contributed by atoms with Crippen LogP contribution in [-0.4, -0.2) is 56.5 Å². The molecule has 1 heterocycles. The summed E-state index contributed by atoms with van der Waals surface area (Å²) in [4.78, 5) is 27.7. The zero-order valence-corrected chi connectivity index (χ0v) is 19.0. The van der Waals surface area contributed by atoms with E-state index in [2.05, 4.69) is 5.32 Å². The van der Waals surface area contributed by atoms with Crippen molar-refractivity contribution in [1.29, 1.82) is 0 Å². The lowest BCUT2D eigenvalue weighted by Crippen LogP contribution is -2.70. The lowest BCUT2D eigenvalue weighted by atomic mass is 9.94. The molecule has 2 aromatic carbocycles. The lowest BCUT2D eigenvalue weighted by molar-refractivity contribution is -0.133. The van der Waals surface area contributed by atoms with Crippen molar-refractivity contribution in [1.82, 2.24) is 9.62 Å². The van der Waals surface area contributed by atoms with Crippen molar-refractivity contribution in [3.63, 3.8) is 0 Å². The van der Waals surface area contributed by atoms with Crippen LogP contribution in [0.5, 0.6) is 5.75 Å². The number of benzene rings is 2. The zero-order valence-electron chi connectivity index (χ0n) is 17.5. The highest BCUT2D eigenvalue weighted by molar-refractivity contribution is 7.88. The van der Waals surface area contributed by atoms with Gasteiger partial charge in [0.05, 0.1) is 19.9 Å². The maximum Gasteiger partial charge on any atom is 0.247 e. The number of amides is 2. The number of nitrogens with zero attached hydrogens (tertiary/aromatic N) is 2. The Labute approximate surface area is 186 Å². The van der Waals surface area contributed by atoms with Gasteiger partial charge in [-0.1, -0.05) is 29.8 Å². The average Bonchev–Trinajstić information content (AvgIpc) is 2.72. The quantitative estimate of drug-likeness (QED) is 0.704. The second-order valence-corrected chi connectivity index (χ2v) is 9.96. The monoisotopic (exact) mass is 465 g/mol. The Balaban J connectivity index is 1.96. The van der Waals surface area contributed by atoms with E-state index < -0.39 is 27.4 Å². The number of ether oxygens (including phenoxy) is 1. The van der Waals surface area contributed by atoms with Crippen molar-refractivity contribution in [3.05, 3.63) is 59.1 Å². The van der Waals surface area contributed by atoms with Crippen molar-refractivity contribution in [2.24, 2.45) is 0 Å². The van der Waals surface area contributed by atoms with Crippen LogP contribution in [0.3, 0.4) is 0 Å². The topological polar surface area (TPSA) is 96.0 Å². The Kier molecular flexibility index (Phi) is 6.59. The molecule has 1 N–H and O–H groups in total. The normalized spacial score (nSPS) is 19.9. The van der Waals surface area contributed by atoms with Crippen LogP contribution >= 0.6 is 11.6 Å². The molecule has 2 aromatic rings. The fraction of sp³-hybridized carbons (Fsp3) is 0.333. The van der Waals surface area contributed by atoms with Gasteiger partial charge >= 0.3 is 0 Å². The highest BCUT2D eigenvalue weighted by atomic mass is 35.5. The van der Waals surface area contributed by atoms with Crippen molar-refractivity contribution in [3.8, 4) is 5.75 Å². The van der Waals surface area contributed by atoms with Gasteiger partial charge in [0.1, 0.15) is 11.3 Å². The molecule has 3 rings (SSSR count). The van der Waals surface area contributed by atoms with Crippen molar-refractivity contribution < 1.29 is 22.7 Å². The first-order chi connectivity index (χ1) is 14.5. The van der Waals surface area contributed by atoms with E-state index in [0.717, 1.165) is 16.1 Å². The predicted molar refractivity (Wildman–Crippen MR) is 119 cm³/mol. The molecule has 1 aliphatic heterocycles. The van der Waals surface area contributed by atoms with E-state index in [-0.39, 0.29) is 19.6 Å². The third kappa shape index (κ3) is 5.00. The first-order valence-electron chi connectivity index (χ1n) is 9.49. The predicted octanol–water partition coefficient (Wildman–Crippen LogP) is 2.03. The molecule has 1 aliphatic rings. The van der Waals surface area contributed by atoms with E-state index in [1.54, 1.807) is 55.5 Å². The van der Waals surface area contributed by atoms with E-state index in [1.807, 2.05) is 0 Å². The van der Waals surface area contributed by atoms with Gasteiger partial charge in [0.2, 0.25) is 21.8 Å². The molecule has 0 unspecified atom stereocenters. The number of carbonyl (C=O) groups excluding carboxylic acids is 2. The molecule has 0 radical (unpaired) electrons. The Morgan fingerprint density at radius 3 is 2.52 bits per heavy atom. The van der Waals surface area contributed by atoms with Crippen LogP contribution in [-0.2, 0) is 26.2 Å². The molecule has 0 aliphatic carbocycles. The van der Waals surface area contributed by atoms with Crippen LogP contribution in [0, 0.1) is 0 Å². The third-order valence-corrected chi connectivity index (χ3v) is 6.62. The van der Waals surface area contributed by atoms with Gasteiger partial charge in [-0.2, -0.15) is 4.31 Å². The zero-order chi connectivity index (χ0) is 22.8. The number of rotatable bonds is 6. The lowest BCUT2D eigenvalue weighted by Gasteiger charge is -2.46. The number of carbonyl (C=O) groups is 2. The summed E-state index contributed by atoms with van der Waals surface area (Å²) in [5.41, 5.74) is -0.213. The third-order valence-electron chi connectivity index (χ3n) is 5.17. The summed E-state index contributed by atoms with van der Waals surface area (Å²) < 4.78 is 30.6. The Morgan fingerprint density at radius 2 is 1.90 bits per heavy atom. The van der Waals surface area contributed by atoms with Gasteiger partial charge in [-0.05, 0) is 36.8 Å². The molecule has 0 saturated carbocycles. The highest BCUT2D eigenvalue weighted by Crippen LogP contribution is 2.32. The molecule has 1 saturated heterocycles. The van der Waals surface area contributed by atoms with Crippen LogP contribution in [0.15, 0.2) is 48.5 Å². The van der Waals surface area contributed by atoms with Gasteiger partial charge in [0.25, 0.3) is 0 Å². The summed E-state index contributed by atoms with van der Waals surface area (Å²) in [6.07, 6.45) is 1.02. The fourth-order valence-electron chi connectivity index (χ4n) is 3.53. The average molecular weight is 466 g/mol. The second-order valence-electron chi connectivity index (χ2n) is 7.54. The Morgan fingerprint density at radius 1 is 1.23 bits per heavy atom. The van der Waals surface area contributed by atoms with Crippen LogP contribution < -0.4 is 15.0 Å². The molecule has 0 spiro atoms. The first-order valence-corrected chi connectivity index (χ1v) is 11.7. The van der Waals surface area contributed by atoms with Crippen molar-refractivity contribution in [2.75, 3.05) is 31.4 Å². The Hall–Kier alpha value is -2.62. The van der Waals surface area contributed by atoms with E-state index in [4.69, 9.17) is 16.3 Å². The number of methoxy groups -OCH3 is 1. The van der Waals surface area contributed by atoms with Gasteiger partial charge in [0, 0.05) is 29.9 Å². The van der Waals surface area contributed by atoms with Crippen LogP contribution in [0.4, 0.5) is 5.69 Å². The van der Waals surface area contributed by atoms with Gasteiger partial charge in [-0.25, -0.2) is 8.42 Å². The van der Waals surface area contributed by atoms with Gasteiger partial charge < -0.3 is 10.1 Å². The standard InChI is InChI=1S/C21H24ClN3O5S/c1-21(20(27)23-12-15-7-9-16(22)10-8-15)14-24(31(3,28)29)13-19(26)25(21)17-5-4-6-18(11-17)30-2/h4-11H,12-14H2,1-3H3,(H,23,27)/t21-/m0/s1. The maximum absolute atomic E-state index is 13.3. The smallest absolute Gasteiger partial charge is 0.247 e. The molecule has 166 valence electrons. The molecule has 1 fully saturated rings.